The number of hydrogen-bond acceptors (Lipinski definition) is 4. The van der Waals surface area contributed by atoms with Crippen LogP contribution >= 0.6 is 0 Å². The van der Waals surface area contributed by atoms with Gasteiger partial charge in [-0.15, -0.1) is 0 Å². The van der Waals surface area contributed by atoms with Crippen LogP contribution in [-0.4, -0.2) is 31.8 Å². The van der Waals surface area contributed by atoms with Crippen LogP contribution in [0.5, 0.6) is 11.6 Å². The van der Waals surface area contributed by atoms with Gasteiger partial charge in [-0.05, 0) is 31.2 Å². The highest BCUT2D eigenvalue weighted by Gasteiger charge is 2.15. The number of hydrogen-bond donors (Lipinski definition) is 1. The second-order valence-corrected chi connectivity index (χ2v) is 4.88. The molecule has 2 heterocycles. The fraction of sp³-hybridized carbons (Fsp3) is 0.400. The van der Waals surface area contributed by atoms with Gasteiger partial charge in [-0.2, -0.15) is 0 Å². The van der Waals surface area contributed by atoms with Crippen LogP contribution in [0.2, 0.25) is 0 Å². The molecular formula is C15H18N2O2. The smallest absolute Gasteiger partial charge is 0.213 e. The van der Waals surface area contributed by atoms with Crippen molar-refractivity contribution >= 4 is 10.9 Å². The lowest BCUT2D eigenvalue weighted by molar-refractivity contribution is 0.252. The Bertz CT molecular complexity index is 565. The number of nitrogens with one attached hydrogen (secondary N) is 1. The molecule has 1 saturated heterocycles. The lowest BCUT2D eigenvalue weighted by atomic mass is 10.1. The minimum atomic E-state index is 0.600. The highest BCUT2D eigenvalue weighted by atomic mass is 16.5. The lowest BCUT2D eigenvalue weighted by Gasteiger charge is -2.10. The molecule has 0 amide bonds. The maximum atomic E-state index is 5.78. The summed E-state index contributed by atoms with van der Waals surface area (Å²) in [6.07, 6.45) is 1.18. The molecule has 3 rings (SSSR count). The van der Waals surface area contributed by atoms with Crippen molar-refractivity contribution in [1.29, 1.82) is 0 Å². The van der Waals surface area contributed by atoms with Crippen LogP contribution in [0.3, 0.4) is 0 Å². The Morgan fingerprint density at radius 3 is 3.00 bits per heavy atom. The van der Waals surface area contributed by atoms with Gasteiger partial charge in [0.15, 0.2) is 0 Å². The highest BCUT2D eigenvalue weighted by molar-refractivity contribution is 5.80. The zero-order valence-electron chi connectivity index (χ0n) is 11.1. The Kier molecular flexibility index (Phi) is 3.51. The van der Waals surface area contributed by atoms with Gasteiger partial charge in [0.1, 0.15) is 5.75 Å². The molecule has 1 atom stereocenters. The van der Waals surface area contributed by atoms with Crippen LogP contribution in [0.1, 0.15) is 6.42 Å². The van der Waals surface area contributed by atoms with Gasteiger partial charge in [0, 0.05) is 30.0 Å². The van der Waals surface area contributed by atoms with Crippen LogP contribution in [0.15, 0.2) is 30.3 Å². The molecule has 0 radical (unpaired) electrons. The summed E-state index contributed by atoms with van der Waals surface area (Å²) in [7, 11) is 1.66. The molecular weight excluding hydrogens is 240 g/mol. The molecule has 0 unspecified atom stereocenters. The molecule has 1 aliphatic rings. The molecule has 0 aliphatic carbocycles. The number of benzene rings is 1. The topological polar surface area (TPSA) is 43.4 Å². The molecule has 2 aromatic rings. The van der Waals surface area contributed by atoms with Gasteiger partial charge < -0.3 is 14.8 Å². The third kappa shape index (κ3) is 2.79. The Labute approximate surface area is 112 Å². The molecule has 0 spiro atoms. The van der Waals surface area contributed by atoms with Gasteiger partial charge in [0.2, 0.25) is 5.88 Å². The largest absolute Gasteiger partial charge is 0.497 e. The van der Waals surface area contributed by atoms with E-state index in [1.165, 1.54) is 6.42 Å². The fourth-order valence-electron chi connectivity index (χ4n) is 2.35. The summed E-state index contributed by atoms with van der Waals surface area (Å²) >= 11 is 0. The summed E-state index contributed by atoms with van der Waals surface area (Å²) in [4.78, 5) is 4.52. The van der Waals surface area contributed by atoms with Gasteiger partial charge in [0.25, 0.3) is 0 Å². The van der Waals surface area contributed by atoms with Crippen molar-refractivity contribution in [3.05, 3.63) is 30.3 Å². The summed E-state index contributed by atoms with van der Waals surface area (Å²) in [6, 6.07) is 9.83. The Morgan fingerprint density at radius 1 is 1.32 bits per heavy atom. The van der Waals surface area contributed by atoms with Crippen LogP contribution < -0.4 is 14.8 Å². The predicted molar refractivity (Wildman–Crippen MR) is 74.8 cm³/mol. The van der Waals surface area contributed by atoms with E-state index in [9.17, 15) is 0 Å². The minimum Gasteiger partial charge on any atom is -0.497 e. The number of ether oxygens (including phenoxy) is 2. The zero-order valence-corrected chi connectivity index (χ0v) is 11.1. The number of methoxy groups -OCH3 is 1. The van der Waals surface area contributed by atoms with Crippen molar-refractivity contribution < 1.29 is 9.47 Å². The lowest BCUT2D eigenvalue weighted by Crippen LogP contribution is -2.15. The molecule has 0 bridgehead atoms. The Morgan fingerprint density at radius 2 is 2.21 bits per heavy atom. The number of rotatable bonds is 4. The van der Waals surface area contributed by atoms with E-state index in [-0.39, 0.29) is 0 Å². The van der Waals surface area contributed by atoms with Gasteiger partial charge in [-0.25, -0.2) is 4.98 Å². The normalized spacial score (nSPS) is 18.7. The third-order valence-electron chi connectivity index (χ3n) is 3.50. The maximum absolute atomic E-state index is 5.78. The second-order valence-electron chi connectivity index (χ2n) is 4.88. The fourth-order valence-corrected chi connectivity index (χ4v) is 2.35. The first kappa shape index (κ1) is 12.2. The second kappa shape index (κ2) is 5.45. The number of nitrogens with zero attached hydrogens (tertiary/aromatic N) is 1. The van der Waals surface area contributed by atoms with Crippen molar-refractivity contribution in [2.75, 3.05) is 26.8 Å². The van der Waals surface area contributed by atoms with E-state index >= 15 is 0 Å². The summed E-state index contributed by atoms with van der Waals surface area (Å²) in [5.74, 6) is 2.10. The van der Waals surface area contributed by atoms with Gasteiger partial charge in [-0.3, -0.25) is 0 Å². The van der Waals surface area contributed by atoms with Crippen molar-refractivity contribution in [2.24, 2.45) is 5.92 Å². The predicted octanol–water partition coefficient (Wildman–Crippen LogP) is 2.23. The first-order valence-electron chi connectivity index (χ1n) is 6.63. The SMILES string of the molecule is COc1ccc2ccc(OC[C@@H]3CCNC3)nc2c1. The highest BCUT2D eigenvalue weighted by Crippen LogP contribution is 2.22. The third-order valence-corrected chi connectivity index (χ3v) is 3.50. The van der Waals surface area contributed by atoms with E-state index in [1.807, 2.05) is 30.3 Å². The van der Waals surface area contributed by atoms with Crippen molar-refractivity contribution in [2.45, 2.75) is 6.42 Å². The van der Waals surface area contributed by atoms with Crippen LogP contribution in [0.4, 0.5) is 0 Å². The van der Waals surface area contributed by atoms with Crippen LogP contribution in [0, 0.1) is 5.92 Å². The van der Waals surface area contributed by atoms with E-state index < -0.39 is 0 Å². The van der Waals surface area contributed by atoms with Crippen molar-refractivity contribution in [3.63, 3.8) is 0 Å². The molecule has 4 heteroatoms. The molecule has 0 saturated carbocycles. The van der Waals surface area contributed by atoms with E-state index in [0.29, 0.717) is 11.8 Å². The average molecular weight is 258 g/mol. The summed E-state index contributed by atoms with van der Waals surface area (Å²) in [6.45, 7) is 2.87. The standard InChI is InChI=1S/C15H18N2O2/c1-18-13-4-2-12-3-5-15(17-14(12)8-13)19-10-11-6-7-16-9-11/h2-5,8,11,16H,6-7,9-10H2,1H3/t11-/m1/s1. The Hall–Kier alpha value is -1.81. The molecule has 1 aromatic carbocycles. The van der Waals surface area contributed by atoms with Gasteiger partial charge >= 0.3 is 0 Å². The number of fused-ring (bicyclic) bond motifs is 1. The molecule has 100 valence electrons. The molecule has 1 N–H and O–H groups in total. The average Bonchev–Trinajstić information content (AvgIpc) is 2.97. The monoisotopic (exact) mass is 258 g/mol. The first-order valence-corrected chi connectivity index (χ1v) is 6.63. The summed E-state index contributed by atoms with van der Waals surface area (Å²) in [5.41, 5.74) is 0.904. The summed E-state index contributed by atoms with van der Waals surface area (Å²) < 4.78 is 11.0. The summed E-state index contributed by atoms with van der Waals surface area (Å²) in [5, 5.41) is 4.43. The minimum absolute atomic E-state index is 0.600. The molecule has 1 fully saturated rings. The van der Waals surface area contributed by atoms with Gasteiger partial charge in [0.05, 0.1) is 19.2 Å². The number of pyridine rings is 1. The van der Waals surface area contributed by atoms with E-state index in [2.05, 4.69) is 10.3 Å². The Balaban J connectivity index is 1.75. The first-order chi connectivity index (χ1) is 9.35. The van der Waals surface area contributed by atoms with E-state index in [4.69, 9.17) is 9.47 Å². The maximum Gasteiger partial charge on any atom is 0.213 e. The molecule has 1 aromatic heterocycles. The zero-order chi connectivity index (χ0) is 13.1. The quantitative estimate of drug-likeness (QED) is 0.913. The van der Waals surface area contributed by atoms with Gasteiger partial charge in [-0.1, -0.05) is 0 Å². The van der Waals surface area contributed by atoms with Crippen LogP contribution in [-0.2, 0) is 0 Å². The number of aromatic nitrogens is 1. The van der Waals surface area contributed by atoms with E-state index in [0.717, 1.165) is 36.3 Å². The molecule has 4 nitrogen and oxygen atoms in total. The van der Waals surface area contributed by atoms with Crippen LogP contribution in [0.25, 0.3) is 10.9 Å². The molecule has 1 aliphatic heterocycles. The van der Waals surface area contributed by atoms with Crippen molar-refractivity contribution in [1.82, 2.24) is 10.3 Å². The van der Waals surface area contributed by atoms with Crippen molar-refractivity contribution in [3.8, 4) is 11.6 Å². The molecule has 19 heavy (non-hydrogen) atoms. The van der Waals surface area contributed by atoms with E-state index in [1.54, 1.807) is 7.11 Å².